The lowest BCUT2D eigenvalue weighted by Gasteiger charge is -2.30. The Morgan fingerprint density at radius 3 is 2.64 bits per heavy atom. The molecule has 4 heterocycles. The van der Waals surface area contributed by atoms with Gasteiger partial charge in [0, 0.05) is 40.7 Å². The first-order chi connectivity index (χ1) is 15.9. The summed E-state index contributed by atoms with van der Waals surface area (Å²) in [7, 11) is 0. The third kappa shape index (κ3) is 2.65. The molecule has 9 heteroatoms. The molecule has 0 radical (unpaired) electrons. The van der Waals surface area contributed by atoms with Gasteiger partial charge in [-0.2, -0.15) is 8.78 Å². The molecule has 2 N–H and O–H groups in total. The molecule has 0 aliphatic carbocycles. The van der Waals surface area contributed by atoms with Crippen molar-refractivity contribution in [2.75, 3.05) is 4.90 Å². The van der Waals surface area contributed by atoms with Crippen LogP contribution in [-0.2, 0) is 15.5 Å². The number of hydrogen-bond donors (Lipinski definition) is 2. The maximum atomic E-state index is 15.9. The van der Waals surface area contributed by atoms with Gasteiger partial charge in [0.25, 0.3) is 5.91 Å². The summed E-state index contributed by atoms with van der Waals surface area (Å²) in [5.41, 5.74) is 0.548. The highest BCUT2D eigenvalue weighted by Gasteiger charge is 2.44. The van der Waals surface area contributed by atoms with Gasteiger partial charge < -0.3 is 4.98 Å². The first-order valence-corrected chi connectivity index (χ1v) is 10.4. The lowest BCUT2D eigenvalue weighted by molar-refractivity contribution is -0.134. The third-order valence-corrected chi connectivity index (χ3v) is 6.38. The van der Waals surface area contributed by atoms with Gasteiger partial charge in [-0.3, -0.25) is 24.6 Å². The van der Waals surface area contributed by atoms with E-state index in [9.17, 15) is 14.4 Å². The van der Waals surface area contributed by atoms with E-state index in [0.717, 1.165) is 0 Å². The highest BCUT2D eigenvalue weighted by atomic mass is 19.3. The van der Waals surface area contributed by atoms with Crippen LogP contribution in [0.5, 0.6) is 0 Å². The van der Waals surface area contributed by atoms with Gasteiger partial charge in [-0.1, -0.05) is 12.1 Å². The van der Waals surface area contributed by atoms with Crippen LogP contribution >= 0.6 is 0 Å². The van der Waals surface area contributed by atoms with Crippen molar-refractivity contribution in [3.05, 3.63) is 71.5 Å². The molecule has 1 unspecified atom stereocenters. The van der Waals surface area contributed by atoms with Crippen molar-refractivity contribution in [2.24, 2.45) is 0 Å². The Morgan fingerprint density at radius 2 is 1.82 bits per heavy atom. The van der Waals surface area contributed by atoms with Gasteiger partial charge in [0.05, 0.1) is 11.3 Å². The molecular formula is C24H16F2N4O3. The number of aromatic amines is 1. The molecule has 3 amide bonds. The number of piperidine rings is 1. The van der Waals surface area contributed by atoms with E-state index in [0.29, 0.717) is 22.1 Å². The first-order valence-electron chi connectivity index (χ1n) is 10.4. The van der Waals surface area contributed by atoms with Gasteiger partial charge in [-0.15, -0.1) is 0 Å². The smallest absolute Gasteiger partial charge is 0.301 e. The maximum absolute atomic E-state index is 15.9. The fraction of sp³-hybridized carbons (Fsp3) is 0.167. The average Bonchev–Trinajstić information content (AvgIpc) is 3.36. The molecular weight excluding hydrogens is 430 g/mol. The van der Waals surface area contributed by atoms with Gasteiger partial charge in [0.1, 0.15) is 11.7 Å². The molecule has 2 aromatic carbocycles. The minimum absolute atomic E-state index is 0.102. The van der Waals surface area contributed by atoms with Crippen LogP contribution in [0.4, 0.5) is 14.5 Å². The molecule has 164 valence electrons. The number of halogens is 2. The predicted octanol–water partition coefficient (Wildman–Crippen LogP) is 3.62. The van der Waals surface area contributed by atoms with E-state index in [4.69, 9.17) is 0 Å². The summed E-state index contributed by atoms with van der Waals surface area (Å²) < 4.78 is 31.7. The molecule has 0 spiro atoms. The van der Waals surface area contributed by atoms with Crippen LogP contribution in [0, 0.1) is 0 Å². The fourth-order valence-electron chi connectivity index (χ4n) is 4.88. The van der Waals surface area contributed by atoms with E-state index in [2.05, 4.69) is 15.3 Å². The number of amides is 3. The molecule has 0 saturated carbocycles. The van der Waals surface area contributed by atoms with E-state index in [1.54, 1.807) is 30.3 Å². The Labute approximate surface area is 185 Å². The number of alkyl halides is 2. The number of aromatic nitrogens is 2. The molecule has 2 aromatic heterocycles. The van der Waals surface area contributed by atoms with Crippen molar-refractivity contribution >= 4 is 45.2 Å². The van der Waals surface area contributed by atoms with Gasteiger partial charge in [-0.25, -0.2) is 4.98 Å². The first kappa shape index (κ1) is 19.5. The standard InChI is InChI=1S/C24H16F2N4O3/c25-24(26,16-11-28-21-13(16)5-2-10-27-21)15-6-7-17-20-12(15)3-1-4-14(20)23(33)30(17)18-8-9-19(31)29-22(18)32/h1-7,10-11,18H,8-9H2,(H,27,28)(H,29,31,32). The van der Waals surface area contributed by atoms with Crippen LogP contribution in [0.3, 0.4) is 0 Å². The number of rotatable bonds is 3. The van der Waals surface area contributed by atoms with Crippen molar-refractivity contribution in [3.8, 4) is 0 Å². The molecule has 7 nitrogen and oxygen atoms in total. The van der Waals surface area contributed by atoms with E-state index in [1.807, 2.05) is 0 Å². The summed E-state index contributed by atoms with van der Waals surface area (Å²) in [5.74, 6) is -4.78. The zero-order chi connectivity index (χ0) is 22.9. The topological polar surface area (TPSA) is 95.2 Å². The van der Waals surface area contributed by atoms with Crippen molar-refractivity contribution in [3.63, 3.8) is 0 Å². The Kier molecular flexibility index (Phi) is 3.95. The predicted molar refractivity (Wildman–Crippen MR) is 116 cm³/mol. The summed E-state index contributed by atoms with van der Waals surface area (Å²) in [4.78, 5) is 45.4. The molecule has 0 bridgehead atoms. The van der Waals surface area contributed by atoms with E-state index in [-0.39, 0.29) is 34.9 Å². The van der Waals surface area contributed by atoms with Crippen LogP contribution in [-0.4, -0.2) is 33.7 Å². The van der Waals surface area contributed by atoms with Crippen LogP contribution < -0.4 is 10.2 Å². The largest absolute Gasteiger partial charge is 0.346 e. The van der Waals surface area contributed by atoms with Crippen molar-refractivity contribution in [1.29, 1.82) is 0 Å². The van der Waals surface area contributed by atoms with Gasteiger partial charge >= 0.3 is 5.92 Å². The maximum Gasteiger partial charge on any atom is 0.301 e. The molecule has 1 saturated heterocycles. The lowest BCUT2D eigenvalue weighted by Crippen LogP contribution is -2.53. The lowest BCUT2D eigenvalue weighted by atomic mass is 9.93. The Bertz CT molecular complexity index is 1510. The van der Waals surface area contributed by atoms with E-state index < -0.39 is 29.7 Å². The number of nitrogens with zero attached hydrogens (tertiary/aromatic N) is 2. The summed E-state index contributed by atoms with van der Waals surface area (Å²) in [6, 6.07) is 9.74. The van der Waals surface area contributed by atoms with Gasteiger partial charge in [0.2, 0.25) is 11.8 Å². The zero-order valence-corrected chi connectivity index (χ0v) is 17.1. The van der Waals surface area contributed by atoms with E-state index in [1.165, 1.54) is 29.4 Å². The van der Waals surface area contributed by atoms with Crippen molar-refractivity contribution in [1.82, 2.24) is 15.3 Å². The number of hydrogen-bond acceptors (Lipinski definition) is 4. The number of benzene rings is 2. The molecule has 1 fully saturated rings. The number of carbonyl (C=O) groups excluding carboxylic acids is 3. The second-order valence-electron chi connectivity index (χ2n) is 8.18. The number of anilines is 1. The number of carbonyl (C=O) groups is 3. The molecule has 2 aliphatic heterocycles. The third-order valence-electron chi connectivity index (χ3n) is 6.38. The zero-order valence-electron chi connectivity index (χ0n) is 17.1. The molecule has 2 aliphatic rings. The fourth-order valence-corrected chi connectivity index (χ4v) is 4.88. The SMILES string of the molecule is O=C1CCC(N2C(=O)c3cccc4c(C(F)(F)c5c[nH]c6ncccc56)ccc2c34)C(=O)N1. The summed E-state index contributed by atoms with van der Waals surface area (Å²) in [5, 5.41) is 3.18. The molecule has 33 heavy (non-hydrogen) atoms. The number of pyridine rings is 1. The number of imide groups is 1. The number of H-pyrrole nitrogens is 1. The van der Waals surface area contributed by atoms with Crippen molar-refractivity contribution < 1.29 is 23.2 Å². The van der Waals surface area contributed by atoms with Gasteiger partial charge in [-0.05, 0) is 42.1 Å². The Hall–Kier alpha value is -4.14. The van der Waals surface area contributed by atoms with Crippen LogP contribution in [0.1, 0.15) is 34.3 Å². The minimum Gasteiger partial charge on any atom is -0.346 e. The highest BCUT2D eigenvalue weighted by molar-refractivity contribution is 6.27. The highest BCUT2D eigenvalue weighted by Crippen LogP contribution is 2.47. The minimum atomic E-state index is -3.37. The summed E-state index contributed by atoms with van der Waals surface area (Å²) in [6.07, 6.45) is 3.05. The van der Waals surface area contributed by atoms with Crippen LogP contribution in [0.2, 0.25) is 0 Å². The second-order valence-corrected chi connectivity index (χ2v) is 8.18. The summed E-state index contributed by atoms with van der Waals surface area (Å²) in [6.45, 7) is 0. The monoisotopic (exact) mass is 446 g/mol. The Morgan fingerprint density at radius 1 is 1.00 bits per heavy atom. The van der Waals surface area contributed by atoms with Crippen LogP contribution in [0.25, 0.3) is 21.8 Å². The molecule has 4 aromatic rings. The number of fused-ring (bicyclic) bond motifs is 1. The second kappa shape index (κ2) is 6.68. The quantitative estimate of drug-likeness (QED) is 0.470. The normalized spacial score (nSPS) is 18.4. The molecule has 1 atom stereocenters. The Balaban J connectivity index is 1.53. The number of nitrogens with one attached hydrogen (secondary N) is 2. The molecule has 6 rings (SSSR count). The van der Waals surface area contributed by atoms with Crippen molar-refractivity contribution in [2.45, 2.75) is 24.8 Å². The van der Waals surface area contributed by atoms with Gasteiger partial charge in [0.15, 0.2) is 0 Å². The average molecular weight is 446 g/mol. The van der Waals surface area contributed by atoms with Crippen LogP contribution in [0.15, 0.2) is 54.9 Å². The van der Waals surface area contributed by atoms with E-state index >= 15 is 8.78 Å². The summed E-state index contributed by atoms with van der Waals surface area (Å²) >= 11 is 0.